The highest BCUT2D eigenvalue weighted by Gasteiger charge is 2.08. The first-order valence-electron chi connectivity index (χ1n) is 6.84. The van der Waals surface area contributed by atoms with Crippen molar-refractivity contribution in [3.8, 4) is 11.5 Å². The van der Waals surface area contributed by atoms with E-state index in [4.69, 9.17) is 16.3 Å². The van der Waals surface area contributed by atoms with E-state index in [1.54, 1.807) is 0 Å². The molecule has 2 aromatic rings. The molecule has 0 bridgehead atoms. The Morgan fingerprint density at radius 1 is 1.05 bits per heavy atom. The van der Waals surface area contributed by atoms with Gasteiger partial charge in [-0.15, -0.1) is 0 Å². The lowest BCUT2D eigenvalue weighted by molar-refractivity contribution is 0.469. The zero-order valence-electron chi connectivity index (χ0n) is 12.2. The standard InChI is InChI=1S/C17H20ClNO/c1-4-19-11-14-10-15(18)7-8-16(14)20-17-9-12(2)5-6-13(17)3/h5-10,19H,4,11H2,1-3H3. The number of aryl methyl sites for hydroxylation is 2. The molecule has 0 aromatic heterocycles. The quantitative estimate of drug-likeness (QED) is 0.849. The Morgan fingerprint density at radius 3 is 2.60 bits per heavy atom. The predicted octanol–water partition coefficient (Wildman–Crippen LogP) is 4.86. The summed E-state index contributed by atoms with van der Waals surface area (Å²) >= 11 is 6.07. The number of rotatable bonds is 5. The second-order valence-electron chi connectivity index (χ2n) is 4.90. The molecule has 0 radical (unpaired) electrons. The maximum atomic E-state index is 6.07. The fraction of sp³-hybridized carbons (Fsp3) is 0.294. The molecule has 2 rings (SSSR count). The monoisotopic (exact) mass is 289 g/mol. The van der Waals surface area contributed by atoms with Crippen molar-refractivity contribution in [3.05, 3.63) is 58.1 Å². The van der Waals surface area contributed by atoms with Crippen molar-refractivity contribution in [1.29, 1.82) is 0 Å². The van der Waals surface area contributed by atoms with Crippen LogP contribution in [0, 0.1) is 13.8 Å². The smallest absolute Gasteiger partial charge is 0.132 e. The van der Waals surface area contributed by atoms with Crippen LogP contribution in [-0.4, -0.2) is 6.54 Å². The van der Waals surface area contributed by atoms with Gasteiger partial charge in [0.2, 0.25) is 0 Å². The largest absolute Gasteiger partial charge is 0.457 e. The molecule has 20 heavy (non-hydrogen) atoms. The van der Waals surface area contributed by atoms with Crippen molar-refractivity contribution in [2.45, 2.75) is 27.3 Å². The van der Waals surface area contributed by atoms with Crippen molar-refractivity contribution in [2.24, 2.45) is 0 Å². The van der Waals surface area contributed by atoms with Gasteiger partial charge in [-0.3, -0.25) is 0 Å². The van der Waals surface area contributed by atoms with Crippen LogP contribution in [0.2, 0.25) is 5.02 Å². The summed E-state index contributed by atoms with van der Waals surface area (Å²) in [6.07, 6.45) is 0. The van der Waals surface area contributed by atoms with Crippen LogP contribution in [0.3, 0.4) is 0 Å². The van der Waals surface area contributed by atoms with Crippen LogP contribution < -0.4 is 10.1 Å². The summed E-state index contributed by atoms with van der Waals surface area (Å²) in [6, 6.07) is 12.0. The van der Waals surface area contributed by atoms with Gasteiger partial charge in [-0.05, 0) is 55.8 Å². The van der Waals surface area contributed by atoms with Crippen LogP contribution >= 0.6 is 11.6 Å². The van der Waals surface area contributed by atoms with E-state index in [-0.39, 0.29) is 0 Å². The first-order valence-corrected chi connectivity index (χ1v) is 7.22. The summed E-state index contributed by atoms with van der Waals surface area (Å²) in [4.78, 5) is 0. The fourth-order valence-electron chi connectivity index (χ4n) is 1.98. The zero-order chi connectivity index (χ0) is 14.5. The normalized spacial score (nSPS) is 10.6. The summed E-state index contributed by atoms with van der Waals surface area (Å²) in [5, 5.41) is 4.03. The third-order valence-corrected chi connectivity index (χ3v) is 3.39. The van der Waals surface area contributed by atoms with Gasteiger partial charge in [0.25, 0.3) is 0 Å². The number of ether oxygens (including phenoxy) is 1. The molecule has 2 nitrogen and oxygen atoms in total. The Morgan fingerprint density at radius 2 is 1.85 bits per heavy atom. The molecule has 0 saturated heterocycles. The van der Waals surface area contributed by atoms with Crippen LogP contribution in [0.5, 0.6) is 11.5 Å². The van der Waals surface area contributed by atoms with Gasteiger partial charge >= 0.3 is 0 Å². The van der Waals surface area contributed by atoms with E-state index in [1.807, 2.05) is 18.2 Å². The molecule has 0 aliphatic carbocycles. The van der Waals surface area contributed by atoms with Crippen molar-refractivity contribution >= 4 is 11.6 Å². The second kappa shape index (κ2) is 6.78. The second-order valence-corrected chi connectivity index (χ2v) is 5.34. The van der Waals surface area contributed by atoms with Gasteiger partial charge < -0.3 is 10.1 Å². The van der Waals surface area contributed by atoms with Gasteiger partial charge in [0.15, 0.2) is 0 Å². The van der Waals surface area contributed by atoms with E-state index in [2.05, 4.69) is 44.3 Å². The lowest BCUT2D eigenvalue weighted by Crippen LogP contribution is -2.12. The fourth-order valence-corrected chi connectivity index (χ4v) is 2.18. The average Bonchev–Trinajstić information content (AvgIpc) is 2.43. The minimum Gasteiger partial charge on any atom is -0.457 e. The molecule has 2 aromatic carbocycles. The third-order valence-electron chi connectivity index (χ3n) is 3.15. The Balaban J connectivity index is 2.30. The topological polar surface area (TPSA) is 21.3 Å². The highest BCUT2D eigenvalue weighted by Crippen LogP contribution is 2.30. The van der Waals surface area contributed by atoms with Crippen LogP contribution in [0.15, 0.2) is 36.4 Å². The molecule has 0 heterocycles. The van der Waals surface area contributed by atoms with E-state index in [0.717, 1.165) is 40.7 Å². The van der Waals surface area contributed by atoms with Gasteiger partial charge in [0.05, 0.1) is 0 Å². The Labute approximate surface area is 125 Å². The summed E-state index contributed by atoms with van der Waals surface area (Å²) < 4.78 is 6.07. The molecule has 0 aliphatic heterocycles. The SMILES string of the molecule is CCNCc1cc(Cl)ccc1Oc1cc(C)ccc1C. The molecular weight excluding hydrogens is 270 g/mol. The van der Waals surface area contributed by atoms with Crippen LogP contribution in [0.4, 0.5) is 0 Å². The molecule has 106 valence electrons. The number of benzene rings is 2. The lowest BCUT2D eigenvalue weighted by Gasteiger charge is -2.14. The number of nitrogens with one attached hydrogen (secondary N) is 1. The van der Waals surface area contributed by atoms with Crippen molar-refractivity contribution in [3.63, 3.8) is 0 Å². The molecule has 0 unspecified atom stereocenters. The number of hydrogen-bond donors (Lipinski definition) is 1. The van der Waals surface area contributed by atoms with Crippen molar-refractivity contribution < 1.29 is 4.74 Å². The van der Waals surface area contributed by atoms with Crippen molar-refractivity contribution in [1.82, 2.24) is 5.32 Å². The van der Waals surface area contributed by atoms with Crippen LogP contribution in [0.1, 0.15) is 23.6 Å². The molecule has 0 saturated carbocycles. The van der Waals surface area contributed by atoms with Gasteiger partial charge in [-0.1, -0.05) is 30.7 Å². The van der Waals surface area contributed by atoms with Gasteiger partial charge in [-0.25, -0.2) is 0 Å². The number of halogens is 1. The first-order chi connectivity index (χ1) is 9.60. The molecular formula is C17H20ClNO. The molecule has 0 aliphatic rings. The molecule has 1 N–H and O–H groups in total. The van der Waals surface area contributed by atoms with Gasteiger partial charge in [0.1, 0.15) is 11.5 Å². The molecule has 0 spiro atoms. The molecule has 3 heteroatoms. The molecule has 0 amide bonds. The Hall–Kier alpha value is -1.51. The maximum Gasteiger partial charge on any atom is 0.132 e. The first kappa shape index (κ1) is 14.9. The highest BCUT2D eigenvalue weighted by molar-refractivity contribution is 6.30. The van der Waals surface area contributed by atoms with E-state index < -0.39 is 0 Å². The summed E-state index contributed by atoms with van der Waals surface area (Å²) in [6.45, 7) is 7.85. The number of hydrogen-bond acceptors (Lipinski definition) is 2. The zero-order valence-corrected chi connectivity index (χ0v) is 12.9. The average molecular weight is 290 g/mol. The molecule has 0 atom stereocenters. The highest BCUT2D eigenvalue weighted by atomic mass is 35.5. The van der Waals surface area contributed by atoms with Gasteiger partial charge in [0, 0.05) is 17.1 Å². The van der Waals surface area contributed by atoms with Gasteiger partial charge in [-0.2, -0.15) is 0 Å². The van der Waals surface area contributed by atoms with E-state index in [0.29, 0.717) is 0 Å². The Bertz CT molecular complexity index is 596. The third kappa shape index (κ3) is 3.75. The molecule has 0 fully saturated rings. The minimum absolute atomic E-state index is 0.728. The van der Waals surface area contributed by atoms with E-state index in [9.17, 15) is 0 Å². The maximum absolute atomic E-state index is 6.07. The van der Waals surface area contributed by atoms with E-state index >= 15 is 0 Å². The Kier molecular flexibility index (Phi) is 5.05. The van der Waals surface area contributed by atoms with E-state index in [1.165, 1.54) is 5.56 Å². The van der Waals surface area contributed by atoms with Crippen LogP contribution in [-0.2, 0) is 6.54 Å². The summed E-state index contributed by atoms with van der Waals surface area (Å²) in [7, 11) is 0. The lowest BCUT2D eigenvalue weighted by atomic mass is 10.1. The van der Waals surface area contributed by atoms with Crippen molar-refractivity contribution in [2.75, 3.05) is 6.54 Å². The van der Waals surface area contributed by atoms with Crippen LogP contribution in [0.25, 0.3) is 0 Å². The predicted molar refractivity (Wildman–Crippen MR) is 84.8 cm³/mol. The summed E-state index contributed by atoms with van der Waals surface area (Å²) in [5.41, 5.74) is 3.38. The summed E-state index contributed by atoms with van der Waals surface area (Å²) in [5.74, 6) is 1.74. The minimum atomic E-state index is 0.728.